The van der Waals surface area contributed by atoms with Crippen molar-refractivity contribution < 1.29 is 27.7 Å². The summed E-state index contributed by atoms with van der Waals surface area (Å²) in [4.78, 5) is 33.9. The molecule has 0 spiro atoms. The van der Waals surface area contributed by atoms with Gasteiger partial charge in [-0.2, -0.15) is 0 Å². The highest BCUT2D eigenvalue weighted by Gasteiger charge is 2.24. The number of nitro groups is 1. The molecule has 0 bridgehead atoms. The molecule has 0 radical (unpaired) electrons. The number of rotatable bonds is 6. The zero-order valence-electron chi connectivity index (χ0n) is 15.7. The van der Waals surface area contributed by atoms with E-state index in [0.717, 1.165) is 35.2 Å². The molecule has 0 aliphatic heterocycles. The standard InChI is InChI=1S/C20H16N2O7S/c1-30(27,28)18-9-7-15(11-17(18)22(25)26)20(24)29-12-19(23)21-16-8-6-13-4-2-3-5-14(13)10-16/h2-11H,12H2,1H3,(H,21,23). The predicted octanol–water partition coefficient (Wildman–Crippen LogP) is 2.95. The van der Waals surface area contributed by atoms with Crippen molar-refractivity contribution in [2.75, 3.05) is 18.2 Å². The van der Waals surface area contributed by atoms with Crippen LogP contribution in [0.15, 0.2) is 65.6 Å². The summed E-state index contributed by atoms with van der Waals surface area (Å²) >= 11 is 0. The lowest BCUT2D eigenvalue weighted by atomic mass is 10.1. The third kappa shape index (κ3) is 4.78. The number of hydrogen-bond acceptors (Lipinski definition) is 7. The first kappa shape index (κ1) is 20.9. The molecular weight excluding hydrogens is 412 g/mol. The lowest BCUT2D eigenvalue weighted by Gasteiger charge is -2.08. The van der Waals surface area contributed by atoms with Crippen LogP contribution < -0.4 is 5.32 Å². The maximum absolute atomic E-state index is 12.1. The van der Waals surface area contributed by atoms with Crippen molar-refractivity contribution in [3.05, 3.63) is 76.3 Å². The molecule has 3 aromatic carbocycles. The van der Waals surface area contributed by atoms with E-state index >= 15 is 0 Å². The van der Waals surface area contributed by atoms with Crippen LogP contribution in [0.5, 0.6) is 0 Å². The highest BCUT2D eigenvalue weighted by molar-refractivity contribution is 7.90. The minimum absolute atomic E-state index is 0.243. The number of benzene rings is 3. The Labute approximate surface area is 171 Å². The van der Waals surface area contributed by atoms with Gasteiger partial charge in [0.05, 0.1) is 10.5 Å². The first-order chi connectivity index (χ1) is 14.1. The summed E-state index contributed by atoms with van der Waals surface area (Å²) in [6.45, 7) is -0.618. The first-order valence-corrected chi connectivity index (χ1v) is 10.5. The Hall–Kier alpha value is -3.79. The quantitative estimate of drug-likeness (QED) is 0.362. The van der Waals surface area contributed by atoms with E-state index in [2.05, 4.69) is 5.32 Å². The van der Waals surface area contributed by atoms with Crippen LogP contribution in [0.25, 0.3) is 10.8 Å². The van der Waals surface area contributed by atoms with Crippen LogP contribution in [0.4, 0.5) is 11.4 Å². The normalized spacial score (nSPS) is 11.1. The Balaban J connectivity index is 1.68. The highest BCUT2D eigenvalue weighted by Crippen LogP contribution is 2.25. The zero-order valence-corrected chi connectivity index (χ0v) is 16.5. The largest absolute Gasteiger partial charge is 0.452 e. The minimum Gasteiger partial charge on any atom is -0.452 e. The number of sulfone groups is 1. The summed E-state index contributed by atoms with van der Waals surface area (Å²) in [5.74, 6) is -1.59. The Kier molecular flexibility index (Phi) is 5.79. The van der Waals surface area contributed by atoms with E-state index < -0.39 is 43.8 Å². The average Bonchev–Trinajstić information content (AvgIpc) is 2.70. The van der Waals surface area contributed by atoms with Gasteiger partial charge in [0.15, 0.2) is 16.4 Å². The Morgan fingerprint density at radius 3 is 2.40 bits per heavy atom. The fourth-order valence-corrected chi connectivity index (χ4v) is 3.61. The fraction of sp³-hybridized carbons (Fsp3) is 0.100. The number of hydrogen-bond donors (Lipinski definition) is 1. The zero-order chi connectivity index (χ0) is 21.9. The van der Waals surface area contributed by atoms with Crippen molar-refractivity contribution in [2.24, 2.45) is 0 Å². The lowest BCUT2D eigenvalue weighted by molar-refractivity contribution is -0.387. The van der Waals surface area contributed by atoms with Crippen molar-refractivity contribution in [3.8, 4) is 0 Å². The van der Waals surface area contributed by atoms with Gasteiger partial charge in [-0.3, -0.25) is 14.9 Å². The van der Waals surface area contributed by atoms with E-state index in [9.17, 15) is 28.1 Å². The summed E-state index contributed by atoms with van der Waals surface area (Å²) in [6.07, 6.45) is 0.824. The van der Waals surface area contributed by atoms with Crippen molar-refractivity contribution in [3.63, 3.8) is 0 Å². The highest BCUT2D eigenvalue weighted by atomic mass is 32.2. The van der Waals surface area contributed by atoms with E-state index in [1.54, 1.807) is 12.1 Å². The molecule has 0 saturated carbocycles. The van der Waals surface area contributed by atoms with Crippen molar-refractivity contribution >= 4 is 43.9 Å². The molecule has 154 valence electrons. The van der Waals surface area contributed by atoms with Crippen LogP contribution in [0.1, 0.15) is 10.4 Å². The SMILES string of the molecule is CS(=O)(=O)c1ccc(C(=O)OCC(=O)Nc2ccc3ccccc3c2)cc1[N+](=O)[O-]. The molecule has 0 saturated heterocycles. The average molecular weight is 428 g/mol. The van der Waals surface area contributed by atoms with E-state index in [0.29, 0.717) is 5.69 Å². The van der Waals surface area contributed by atoms with Gasteiger partial charge in [0.2, 0.25) is 0 Å². The van der Waals surface area contributed by atoms with E-state index in [4.69, 9.17) is 4.74 Å². The molecule has 1 amide bonds. The molecule has 10 heteroatoms. The molecule has 0 aliphatic carbocycles. The second-order valence-corrected chi connectivity index (χ2v) is 8.38. The molecule has 0 unspecified atom stereocenters. The summed E-state index contributed by atoms with van der Waals surface area (Å²) in [6, 6.07) is 15.7. The molecule has 0 aromatic heterocycles. The number of carbonyl (C=O) groups excluding carboxylic acids is 2. The van der Waals surface area contributed by atoms with Gasteiger partial charge in [0.1, 0.15) is 4.90 Å². The van der Waals surface area contributed by atoms with Crippen LogP contribution in [-0.4, -0.2) is 38.1 Å². The van der Waals surface area contributed by atoms with Gasteiger partial charge in [0, 0.05) is 18.0 Å². The molecule has 0 atom stereocenters. The van der Waals surface area contributed by atoms with Gasteiger partial charge in [-0.1, -0.05) is 30.3 Å². The Morgan fingerprint density at radius 2 is 1.73 bits per heavy atom. The van der Waals surface area contributed by atoms with Crippen LogP contribution >= 0.6 is 0 Å². The summed E-state index contributed by atoms with van der Waals surface area (Å²) < 4.78 is 28.2. The van der Waals surface area contributed by atoms with Gasteiger partial charge in [-0.05, 0) is 35.0 Å². The Bertz CT molecular complexity index is 1270. The maximum atomic E-state index is 12.1. The van der Waals surface area contributed by atoms with Crippen LogP contribution in [0, 0.1) is 10.1 Å². The number of nitrogens with one attached hydrogen (secondary N) is 1. The van der Waals surface area contributed by atoms with Crippen molar-refractivity contribution in [1.82, 2.24) is 0 Å². The van der Waals surface area contributed by atoms with E-state index in [1.165, 1.54) is 0 Å². The van der Waals surface area contributed by atoms with E-state index in [-0.39, 0.29) is 5.56 Å². The molecule has 0 heterocycles. The molecule has 30 heavy (non-hydrogen) atoms. The molecule has 3 rings (SSSR count). The van der Waals surface area contributed by atoms with Crippen LogP contribution in [-0.2, 0) is 19.4 Å². The summed E-state index contributed by atoms with van der Waals surface area (Å²) in [5, 5.41) is 15.6. The number of anilines is 1. The lowest BCUT2D eigenvalue weighted by Crippen LogP contribution is -2.21. The Morgan fingerprint density at radius 1 is 1.03 bits per heavy atom. The second kappa shape index (κ2) is 8.29. The van der Waals surface area contributed by atoms with Crippen LogP contribution in [0.3, 0.4) is 0 Å². The number of nitro benzene ring substituents is 1. The number of nitrogens with zero attached hydrogens (tertiary/aromatic N) is 1. The second-order valence-electron chi connectivity index (χ2n) is 6.40. The summed E-state index contributed by atoms with van der Waals surface area (Å²) in [5.41, 5.74) is -0.469. The molecule has 1 N–H and O–H groups in total. The van der Waals surface area contributed by atoms with Crippen molar-refractivity contribution in [2.45, 2.75) is 4.90 Å². The summed E-state index contributed by atoms with van der Waals surface area (Å²) in [7, 11) is -3.85. The topological polar surface area (TPSA) is 133 Å². The first-order valence-electron chi connectivity index (χ1n) is 8.59. The van der Waals surface area contributed by atoms with Gasteiger partial charge in [-0.15, -0.1) is 0 Å². The number of fused-ring (bicyclic) bond motifs is 1. The molecule has 3 aromatic rings. The smallest absolute Gasteiger partial charge is 0.338 e. The monoisotopic (exact) mass is 428 g/mol. The minimum atomic E-state index is -3.85. The molecule has 9 nitrogen and oxygen atoms in total. The third-order valence-corrected chi connectivity index (χ3v) is 5.30. The van der Waals surface area contributed by atoms with E-state index in [1.807, 2.05) is 30.3 Å². The van der Waals surface area contributed by atoms with Gasteiger partial charge in [0.25, 0.3) is 11.6 Å². The fourth-order valence-electron chi connectivity index (χ4n) is 2.78. The van der Waals surface area contributed by atoms with Gasteiger partial charge >= 0.3 is 5.97 Å². The van der Waals surface area contributed by atoms with Crippen LogP contribution in [0.2, 0.25) is 0 Å². The van der Waals surface area contributed by atoms with Crippen molar-refractivity contribution in [1.29, 1.82) is 0 Å². The number of ether oxygens (including phenoxy) is 1. The number of esters is 1. The molecule has 0 fully saturated rings. The number of amides is 1. The maximum Gasteiger partial charge on any atom is 0.338 e. The third-order valence-electron chi connectivity index (χ3n) is 4.16. The molecule has 0 aliphatic rings. The predicted molar refractivity (Wildman–Crippen MR) is 109 cm³/mol. The van der Waals surface area contributed by atoms with Gasteiger partial charge < -0.3 is 10.1 Å². The number of carbonyl (C=O) groups is 2. The molecular formula is C20H16N2O7S. The van der Waals surface area contributed by atoms with Gasteiger partial charge in [-0.25, -0.2) is 13.2 Å².